The lowest BCUT2D eigenvalue weighted by atomic mass is 9.73. The molecule has 3 aliphatic rings. The lowest BCUT2D eigenvalue weighted by Crippen LogP contribution is -2.27. The molecule has 1 unspecified atom stereocenters. The maximum absolute atomic E-state index is 15.5. The number of hydrogen-bond donors (Lipinski definition) is 0. The molecule has 0 radical (unpaired) electrons. The van der Waals surface area contributed by atoms with Crippen molar-refractivity contribution in [1.82, 2.24) is 0 Å². The molecule has 2 aromatic rings. The average molecular weight is 531 g/mol. The van der Waals surface area contributed by atoms with Crippen molar-refractivity contribution in [2.45, 2.75) is 84.5 Å². The van der Waals surface area contributed by atoms with E-state index >= 15 is 13.2 Å². The van der Waals surface area contributed by atoms with Gasteiger partial charge in [-0.25, -0.2) is 13.2 Å². The summed E-state index contributed by atoms with van der Waals surface area (Å²) < 4.78 is 71.7. The van der Waals surface area contributed by atoms with Crippen LogP contribution in [0.25, 0.3) is 16.9 Å². The van der Waals surface area contributed by atoms with Crippen LogP contribution in [-0.4, -0.2) is 13.2 Å². The second-order valence-corrected chi connectivity index (χ2v) is 11.2. The first kappa shape index (κ1) is 27.1. The molecule has 2 nitrogen and oxygen atoms in total. The number of fused-ring (bicyclic) bond motifs is 3. The number of ether oxygens (including phenoxy) is 2. The Balaban J connectivity index is 1.33. The van der Waals surface area contributed by atoms with E-state index in [1.54, 1.807) is 13.0 Å². The predicted molar refractivity (Wildman–Crippen MR) is 142 cm³/mol. The van der Waals surface area contributed by atoms with Crippen molar-refractivity contribution >= 4 is 5.76 Å². The molecule has 1 heterocycles. The molecule has 2 aliphatic carbocycles. The number of halogens is 4. The summed E-state index contributed by atoms with van der Waals surface area (Å²) in [7, 11) is 0. The van der Waals surface area contributed by atoms with Crippen molar-refractivity contribution in [3.8, 4) is 16.9 Å². The van der Waals surface area contributed by atoms with E-state index in [0.29, 0.717) is 48.2 Å². The summed E-state index contributed by atoms with van der Waals surface area (Å²) in [6.45, 7) is 4.59. The molecule has 1 fully saturated rings. The Morgan fingerprint density at radius 2 is 1.50 bits per heavy atom. The van der Waals surface area contributed by atoms with E-state index in [0.717, 1.165) is 12.3 Å². The third-order valence-electron chi connectivity index (χ3n) is 8.86. The molecule has 38 heavy (non-hydrogen) atoms. The molecular weight excluding hydrogens is 492 g/mol. The maximum Gasteiger partial charge on any atom is 0.201 e. The second-order valence-electron chi connectivity index (χ2n) is 11.2. The van der Waals surface area contributed by atoms with E-state index < -0.39 is 23.3 Å². The van der Waals surface area contributed by atoms with Crippen molar-refractivity contribution in [2.24, 2.45) is 17.8 Å². The molecule has 0 amide bonds. The lowest BCUT2D eigenvalue weighted by Gasteiger charge is -2.35. The van der Waals surface area contributed by atoms with Crippen LogP contribution in [0.15, 0.2) is 18.2 Å². The minimum Gasteiger partial charge on any atom is -0.493 e. The Labute approximate surface area is 223 Å². The summed E-state index contributed by atoms with van der Waals surface area (Å²) in [6, 6.07) is 2.95. The number of unbranched alkanes of at least 4 members (excludes halogenated alkanes) is 2. The summed E-state index contributed by atoms with van der Waals surface area (Å²) in [6.07, 6.45) is 13.6. The van der Waals surface area contributed by atoms with Crippen molar-refractivity contribution in [3.63, 3.8) is 0 Å². The monoisotopic (exact) mass is 530 g/mol. The fraction of sp³-hybridized carbons (Fsp3) is 0.562. The Kier molecular flexibility index (Phi) is 8.35. The predicted octanol–water partition coefficient (Wildman–Crippen LogP) is 9.17. The maximum atomic E-state index is 15.5. The topological polar surface area (TPSA) is 18.5 Å². The SMILES string of the molecule is CCCCCC1CCC(C2CC=C(c3cc4c(c(F)c3F)-c3c(cc(OCC)c(F)c3F)CC4)OC2)CC1. The van der Waals surface area contributed by atoms with Gasteiger partial charge in [0, 0.05) is 11.1 Å². The third-order valence-corrected chi connectivity index (χ3v) is 8.86. The van der Waals surface area contributed by atoms with Gasteiger partial charge in [0.15, 0.2) is 23.2 Å². The van der Waals surface area contributed by atoms with Crippen molar-refractivity contribution in [2.75, 3.05) is 13.2 Å². The van der Waals surface area contributed by atoms with Gasteiger partial charge in [-0.2, -0.15) is 4.39 Å². The van der Waals surface area contributed by atoms with Gasteiger partial charge in [-0.3, -0.25) is 0 Å². The van der Waals surface area contributed by atoms with Crippen molar-refractivity contribution < 1.29 is 27.0 Å². The normalized spacial score (nSPS) is 22.8. The highest BCUT2D eigenvalue weighted by molar-refractivity contribution is 5.78. The summed E-state index contributed by atoms with van der Waals surface area (Å²) in [5.41, 5.74) is 0.537. The van der Waals surface area contributed by atoms with Crippen LogP contribution in [0, 0.1) is 41.0 Å². The number of hydrogen-bond acceptors (Lipinski definition) is 2. The Hall–Kier alpha value is -2.50. The molecule has 206 valence electrons. The van der Waals surface area contributed by atoms with Crippen LogP contribution in [0.3, 0.4) is 0 Å². The fourth-order valence-electron chi connectivity index (χ4n) is 6.71. The van der Waals surface area contributed by atoms with Crippen LogP contribution in [0.4, 0.5) is 17.6 Å². The first-order valence-corrected chi connectivity index (χ1v) is 14.4. The minimum atomic E-state index is -1.20. The zero-order valence-electron chi connectivity index (χ0n) is 22.5. The summed E-state index contributed by atoms with van der Waals surface area (Å²) in [5.74, 6) is -2.63. The fourth-order valence-corrected chi connectivity index (χ4v) is 6.71. The van der Waals surface area contributed by atoms with Gasteiger partial charge in [0.1, 0.15) is 5.76 Å². The van der Waals surface area contributed by atoms with Crippen molar-refractivity contribution in [3.05, 3.63) is 58.2 Å². The highest BCUT2D eigenvalue weighted by Gasteiger charge is 2.33. The molecule has 2 aromatic carbocycles. The van der Waals surface area contributed by atoms with Crippen LogP contribution in [-0.2, 0) is 17.6 Å². The largest absolute Gasteiger partial charge is 0.493 e. The summed E-state index contributed by atoms with van der Waals surface area (Å²) >= 11 is 0. The average Bonchev–Trinajstić information content (AvgIpc) is 2.94. The smallest absolute Gasteiger partial charge is 0.201 e. The Morgan fingerprint density at radius 3 is 2.13 bits per heavy atom. The highest BCUT2D eigenvalue weighted by Crippen LogP contribution is 2.44. The van der Waals surface area contributed by atoms with E-state index in [2.05, 4.69) is 6.92 Å². The first-order valence-electron chi connectivity index (χ1n) is 14.4. The summed E-state index contributed by atoms with van der Waals surface area (Å²) in [4.78, 5) is 0. The minimum absolute atomic E-state index is 0.0644. The standard InChI is InChI=1S/C32H38F4O2/c1-3-5-6-7-19-8-10-20(11-9-19)23-14-15-25(38-18-23)24-16-21-12-13-22-17-26(37-4-2)30(34)32(36)28(22)27(21)31(35)29(24)33/h15-17,19-20,23H,3-14,18H2,1-2H3. The van der Waals surface area contributed by atoms with Gasteiger partial charge >= 0.3 is 0 Å². The molecule has 0 saturated heterocycles. The molecule has 1 atom stereocenters. The van der Waals surface area contributed by atoms with E-state index in [-0.39, 0.29) is 29.0 Å². The number of allylic oxidation sites excluding steroid dienone is 1. The Bertz CT molecular complexity index is 1200. The van der Waals surface area contributed by atoms with Crippen LogP contribution < -0.4 is 4.74 Å². The number of aryl methyl sites for hydroxylation is 2. The van der Waals surface area contributed by atoms with Crippen LogP contribution >= 0.6 is 0 Å². The van der Waals surface area contributed by atoms with Gasteiger partial charge in [-0.05, 0) is 86.1 Å². The van der Waals surface area contributed by atoms with Gasteiger partial charge in [0.05, 0.1) is 18.8 Å². The van der Waals surface area contributed by atoms with Crippen LogP contribution in [0.1, 0.15) is 88.3 Å². The van der Waals surface area contributed by atoms with E-state index in [4.69, 9.17) is 9.47 Å². The zero-order valence-corrected chi connectivity index (χ0v) is 22.5. The molecule has 1 saturated carbocycles. The quantitative estimate of drug-likeness (QED) is 0.250. The van der Waals surface area contributed by atoms with E-state index in [1.165, 1.54) is 57.4 Å². The second kappa shape index (κ2) is 11.7. The molecule has 0 aromatic heterocycles. The van der Waals surface area contributed by atoms with Gasteiger partial charge in [0.2, 0.25) is 5.82 Å². The van der Waals surface area contributed by atoms with Crippen LogP contribution in [0.5, 0.6) is 5.75 Å². The van der Waals surface area contributed by atoms with Gasteiger partial charge < -0.3 is 9.47 Å². The van der Waals surface area contributed by atoms with Crippen molar-refractivity contribution in [1.29, 1.82) is 0 Å². The molecule has 0 spiro atoms. The Morgan fingerprint density at radius 1 is 0.816 bits per heavy atom. The van der Waals surface area contributed by atoms with E-state index in [9.17, 15) is 4.39 Å². The molecule has 0 bridgehead atoms. The lowest BCUT2D eigenvalue weighted by molar-refractivity contribution is 0.116. The first-order chi connectivity index (χ1) is 18.4. The molecule has 6 heteroatoms. The molecule has 5 rings (SSSR count). The third kappa shape index (κ3) is 5.20. The summed E-state index contributed by atoms with van der Waals surface area (Å²) in [5, 5.41) is 0. The highest BCUT2D eigenvalue weighted by atomic mass is 19.2. The van der Waals surface area contributed by atoms with Gasteiger partial charge in [-0.15, -0.1) is 0 Å². The molecular formula is C32H38F4O2. The number of rotatable bonds is 8. The molecule has 1 aliphatic heterocycles. The van der Waals surface area contributed by atoms with Crippen LogP contribution in [0.2, 0.25) is 0 Å². The zero-order chi connectivity index (χ0) is 26.8. The van der Waals surface area contributed by atoms with E-state index in [1.807, 2.05) is 6.08 Å². The van der Waals surface area contributed by atoms with Gasteiger partial charge in [-0.1, -0.05) is 45.4 Å². The van der Waals surface area contributed by atoms with Gasteiger partial charge in [0.25, 0.3) is 0 Å². The molecule has 0 N–H and O–H groups in total. The number of benzene rings is 2.